The number of aliphatic carboxylic acids is 1. The van der Waals surface area contributed by atoms with E-state index in [1.54, 1.807) is 0 Å². The normalized spacial score (nSPS) is 26.5. The van der Waals surface area contributed by atoms with Crippen molar-refractivity contribution in [1.29, 1.82) is 0 Å². The molecule has 1 fully saturated rings. The fourth-order valence-corrected chi connectivity index (χ4v) is 2.23. The SMILES string of the molecule is O=C(O)C1CC(c2ccc(Br)o2)CCN1. The van der Waals surface area contributed by atoms with Crippen LogP contribution in [0.4, 0.5) is 0 Å². The molecule has 2 heterocycles. The van der Waals surface area contributed by atoms with Gasteiger partial charge in [0.15, 0.2) is 4.67 Å². The van der Waals surface area contributed by atoms with Gasteiger partial charge in [-0.25, -0.2) is 0 Å². The summed E-state index contributed by atoms with van der Waals surface area (Å²) in [5, 5.41) is 11.9. The van der Waals surface area contributed by atoms with Crippen molar-refractivity contribution in [2.24, 2.45) is 0 Å². The minimum Gasteiger partial charge on any atom is -0.480 e. The van der Waals surface area contributed by atoms with Gasteiger partial charge in [-0.2, -0.15) is 0 Å². The summed E-state index contributed by atoms with van der Waals surface area (Å²) in [4.78, 5) is 10.8. The number of hydrogen-bond acceptors (Lipinski definition) is 3. The van der Waals surface area contributed by atoms with Crippen molar-refractivity contribution in [2.45, 2.75) is 24.8 Å². The molecule has 4 nitrogen and oxygen atoms in total. The number of furan rings is 1. The van der Waals surface area contributed by atoms with Crippen LogP contribution in [0.3, 0.4) is 0 Å². The van der Waals surface area contributed by atoms with Crippen LogP contribution < -0.4 is 5.32 Å². The number of hydrogen-bond donors (Lipinski definition) is 2. The smallest absolute Gasteiger partial charge is 0.320 e. The van der Waals surface area contributed by atoms with Crippen LogP contribution in [-0.4, -0.2) is 23.7 Å². The predicted octanol–water partition coefficient (Wildman–Crippen LogP) is 1.96. The van der Waals surface area contributed by atoms with Crippen LogP contribution in [0.15, 0.2) is 21.2 Å². The maximum absolute atomic E-state index is 10.8. The molecule has 2 unspecified atom stereocenters. The molecule has 82 valence electrons. The maximum Gasteiger partial charge on any atom is 0.320 e. The number of carboxylic acid groups (broad SMARTS) is 1. The van der Waals surface area contributed by atoms with E-state index in [-0.39, 0.29) is 5.92 Å². The Kier molecular flexibility index (Phi) is 3.11. The second-order valence-electron chi connectivity index (χ2n) is 3.71. The summed E-state index contributed by atoms with van der Waals surface area (Å²) in [6, 6.07) is 3.29. The molecule has 1 aromatic rings. The second-order valence-corrected chi connectivity index (χ2v) is 4.49. The van der Waals surface area contributed by atoms with Gasteiger partial charge >= 0.3 is 5.97 Å². The van der Waals surface area contributed by atoms with E-state index in [0.717, 1.165) is 18.7 Å². The Labute approximate surface area is 95.8 Å². The number of piperidine rings is 1. The highest BCUT2D eigenvalue weighted by Gasteiger charge is 2.28. The van der Waals surface area contributed by atoms with Gasteiger partial charge in [-0.1, -0.05) is 0 Å². The summed E-state index contributed by atoms with van der Waals surface area (Å²) in [7, 11) is 0. The first-order valence-electron chi connectivity index (χ1n) is 4.88. The van der Waals surface area contributed by atoms with Crippen LogP contribution >= 0.6 is 15.9 Å². The molecule has 1 saturated heterocycles. The standard InChI is InChI=1S/C10H12BrNO3/c11-9-2-1-8(15-9)6-3-4-12-7(5-6)10(13)14/h1-2,6-7,12H,3-5H2,(H,13,14). The number of nitrogens with one attached hydrogen (secondary N) is 1. The zero-order valence-electron chi connectivity index (χ0n) is 8.07. The summed E-state index contributed by atoms with van der Waals surface area (Å²) < 4.78 is 6.14. The third kappa shape index (κ3) is 2.41. The number of carbonyl (C=O) groups is 1. The number of carboxylic acids is 1. The van der Waals surface area contributed by atoms with Crippen molar-refractivity contribution in [2.75, 3.05) is 6.54 Å². The molecular formula is C10H12BrNO3. The summed E-state index contributed by atoms with van der Waals surface area (Å²) in [5.41, 5.74) is 0. The molecule has 2 atom stereocenters. The van der Waals surface area contributed by atoms with E-state index in [9.17, 15) is 4.79 Å². The molecule has 1 aromatic heterocycles. The molecule has 1 aliphatic rings. The molecule has 0 radical (unpaired) electrons. The topological polar surface area (TPSA) is 62.5 Å². The Morgan fingerprint density at radius 3 is 3.00 bits per heavy atom. The molecule has 1 aliphatic heterocycles. The van der Waals surface area contributed by atoms with Crippen molar-refractivity contribution in [3.8, 4) is 0 Å². The van der Waals surface area contributed by atoms with E-state index in [4.69, 9.17) is 9.52 Å². The average molecular weight is 274 g/mol. The Balaban J connectivity index is 2.07. The molecule has 0 aliphatic carbocycles. The van der Waals surface area contributed by atoms with E-state index < -0.39 is 12.0 Å². The lowest BCUT2D eigenvalue weighted by Gasteiger charge is -2.26. The number of halogens is 1. The summed E-state index contributed by atoms with van der Waals surface area (Å²) in [6.07, 6.45) is 1.51. The first kappa shape index (κ1) is 10.7. The van der Waals surface area contributed by atoms with Gasteiger partial charge in [-0.15, -0.1) is 0 Å². The Morgan fingerprint density at radius 2 is 2.40 bits per heavy atom. The fraction of sp³-hybridized carbons (Fsp3) is 0.500. The lowest BCUT2D eigenvalue weighted by atomic mass is 9.90. The quantitative estimate of drug-likeness (QED) is 0.865. The second kappa shape index (κ2) is 4.37. The first-order valence-corrected chi connectivity index (χ1v) is 5.67. The monoisotopic (exact) mass is 273 g/mol. The minimum atomic E-state index is -0.787. The summed E-state index contributed by atoms with van der Waals surface area (Å²) in [6.45, 7) is 0.722. The highest BCUT2D eigenvalue weighted by atomic mass is 79.9. The van der Waals surface area contributed by atoms with Crippen molar-refractivity contribution >= 4 is 21.9 Å². The molecule has 0 saturated carbocycles. The predicted molar refractivity (Wildman–Crippen MR) is 57.8 cm³/mol. The Bertz CT molecular complexity index is 363. The third-order valence-corrected chi connectivity index (χ3v) is 3.12. The van der Waals surface area contributed by atoms with Gasteiger partial charge in [-0.05, 0) is 47.4 Å². The van der Waals surface area contributed by atoms with Crippen LogP contribution in [0.25, 0.3) is 0 Å². The van der Waals surface area contributed by atoms with Crippen molar-refractivity contribution in [3.63, 3.8) is 0 Å². The molecule has 5 heteroatoms. The van der Waals surface area contributed by atoms with Crippen LogP contribution in [0.5, 0.6) is 0 Å². The molecule has 2 N–H and O–H groups in total. The molecule has 15 heavy (non-hydrogen) atoms. The third-order valence-electron chi connectivity index (χ3n) is 2.70. The highest BCUT2D eigenvalue weighted by molar-refractivity contribution is 9.10. The van der Waals surface area contributed by atoms with Gasteiger partial charge in [0.1, 0.15) is 11.8 Å². The van der Waals surface area contributed by atoms with E-state index in [2.05, 4.69) is 21.2 Å². The molecule has 0 amide bonds. The van der Waals surface area contributed by atoms with E-state index >= 15 is 0 Å². The zero-order chi connectivity index (χ0) is 10.8. The largest absolute Gasteiger partial charge is 0.480 e. The fourth-order valence-electron chi connectivity index (χ4n) is 1.91. The van der Waals surface area contributed by atoms with Gasteiger partial charge in [0.05, 0.1) is 0 Å². The van der Waals surface area contributed by atoms with Crippen LogP contribution in [-0.2, 0) is 4.79 Å². The summed E-state index contributed by atoms with van der Waals surface area (Å²) >= 11 is 3.24. The summed E-state index contributed by atoms with van der Waals surface area (Å²) in [5.74, 6) is 0.290. The Morgan fingerprint density at radius 1 is 1.60 bits per heavy atom. The lowest BCUT2D eigenvalue weighted by molar-refractivity contribution is -0.140. The number of rotatable bonds is 2. The van der Waals surface area contributed by atoms with Gasteiger partial charge in [-0.3, -0.25) is 4.79 Å². The van der Waals surface area contributed by atoms with Gasteiger partial charge in [0.25, 0.3) is 0 Å². The first-order chi connectivity index (χ1) is 7.16. The zero-order valence-corrected chi connectivity index (χ0v) is 9.66. The molecule has 0 spiro atoms. The van der Waals surface area contributed by atoms with Gasteiger partial charge < -0.3 is 14.8 Å². The van der Waals surface area contributed by atoms with Gasteiger partial charge in [0.2, 0.25) is 0 Å². The molecule has 0 aromatic carbocycles. The maximum atomic E-state index is 10.8. The van der Waals surface area contributed by atoms with Crippen molar-refractivity contribution < 1.29 is 14.3 Å². The van der Waals surface area contributed by atoms with Crippen molar-refractivity contribution in [1.82, 2.24) is 5.32 Å². The molecule has 0 bridgehead atoms. The van der Waals surface area contributed by atoms with Crippen LogP contribution in [0.1, 0.15) is 24.5 Å². The van der Waals surface area contributed by atoms with Crippen molar-refractivity contribution in [3.05, 3.63) is 22.6 Å². The molecular weight excluding hydrogens is 262 g/mol. The highest BCUT2D eigenvalue weighted by Crippen LogP contribution is 2.30. The lowest BCUT2D eigenvalue weighted by Crippen LogP contribution is -2.42. The minimum absolute atomic E-state index is 0.207. The van der Waals surface area contributed by atoms with Gasteiger partial charge in [0, 0.05) is 5.92 Å². The van der Waals surface area contributed by atoms with Crippen LogP contribution in [0.2, 0.25) is 0 Å². The van der Waals surface area contributed by atoms with E-state index in [1.165, 1.54) is 0 Å². The Hall–Kier alpha value is -0.810. The van der Waals surface area contributed by atoms with E-state index in [0.29, 0.717) is 11.1 Å². The molecule has 2 rings (SSSR count). The van der Waals surface area contributed by atoms with E-state index in [1.807, 2.05) is 12.1 Å². The average Bonchev–Trinajstić information content (AvgIpc) is 2.65. The van der Waals surface area contributed by atoms with Crippen LogP contribution in [0, 0.1) is 0 Å².